The Morgan fingerprint density at radius 2 is 2.08 bits per heavy atom. The second-order valence-electron chi connectivity index (χ2n) is 5.60. The van der Waals surface area contributed by atoms with Gasteiger partial charge in [-0.3, -0.25) is 9.59 Å². The molecule has 0 radical (unpaired) electrons. The second-order valence-corrected chi connectivity index (χ2v) is 6.55. The molecular formula is C17H21N3O3S. The van der Waals surface area contributed by atoms with Crippen LogP contribution in [0.1, 0.15) is 29.1 Å². The monoisotopic (exact) mass is 347 g/mol. The van der Waals surface area contributed by atoms with Gasteiger partial charge in [-0.1, -0.05) is 26.0 Å². The fourth-order valence-corrected chi connectivity index (χ4v) is 2.72. The van der Waals surface area contributed by atoms with Crippen LogP contribution < -0.4 is 15.4 Å². The van der Waals surface area contributed by atoms with E-state index in [-0.39, 0.29) is 17.7 Å². The number of methoxy groups -OCH3 is 1. The van der Waals surface area contributed by atoms with E-state index in [4.69, 9.17) is 4.74 Å². The first kappa shape index (κ1) is 17.9. The topological polar surface area (TPSA) is 80.3 Å². The first-order valence-corrected chi connectivity index (χ1v) is 8.50. The van der Waals surface area contributed by atoms with Crippen LogP contribution in [0.2, 0.25) is 0 Å². The van der Waals surface area contributed by atoms with Crippen LogP contribution in [0.25, 0.3) is 0 Å². The van der Waals surface area contributed by atoms with Gasteiger partial charge in [-0.15, -0.1) is 11.3 Å². The van der Waals surface area contributed by atoms with Gasteiger partial charge < -0.3 is 15.4 Å². The highest BCUT2D eigenvalue weighted by atomic mass is 32.1. The minimum Gasteiger partial charge on any atom is -0.481 e. The molecule has 0 aliphatic rings. The van der Waals surface area contributed by atoms with Crippen LogP contribution in [0.3, 0.4) is 0 Å². The molecule has 0 spiro atoms. The smallest absolute Gasteiger partial charge is 0.262 e. The summed E-state index contributed by atoms with van der Waals surface area (Å²) in [6.45, 7) is 4.13. The van der Waals surface area contributed by atoms with Crippen LogP contribution in [0.4, 0.5) is 0 Å². The predicted octanol–water partition coefficient (Wildman–Crippen LogP) is 2.22. The maximum atomic E-state index is 12.4. The molecule has 7 heteroatoms. The van der Waals surface area contributed by atoms with E-state index in [1.807, 2.05) is 25.3 Å². The zero-order chi connectivity index (χ0) is 17.5. The van der Waals surface area contributed by atoms with E-state index in [0.717, 1.165) is 5.56 Å². The zero-order valence-corrected chi connectivity index (χ0v) is 14.7. The summed E-state index contributed by atoms with van der Waals surface area (Å²) in [6, 6.07) is 6.52. The van der Waals surface area contributed by atoms with E-state index >= 15 is 0 Å². The molecule has 24 heavy (non-hydrogen) atoms. The molecular weight excluding hydrogens is 326 g/mol. The Labute approximate surface area is 145 Å². The lowest BCUT2D eigenvalue weighted by Gasteiger charge is -2.21. The summed E-state index contributed by atoms with van der Waals surface area (Å²) in [4.78, 5) is 29.3. The second kappa shape index (κ2) is 8.44. The van der Waals surface area contributed by atoms with Crippen molar-refractivity contribution in [3.05, 3.63) is 46.3 Å². The Bertz CT molecular complexity index is 669. The van der Waals surface area contributed by atoms with E-state index in [1.54, 1.807) is 31.5 Å². The van der Waals surface area contributed by atoms with Crippen molar-refractivity contribution in [2.45, 2.75) is 26.4 Å². The Hall–Kier alpha value is -2.41. The average Bonchev–Trinajstić information content (AvgIpc) is 3.12. The summed E-state index contributed by atoms with van der Waals surface area (Å²) in [6.07, 6.45) is 1.65. The third-order valence-corrected chi connectivity index (χ3v) is 4.32. The minimum absolute atomic E-state index is 0.0251. The SMILES string of the molecule is COc1ccc(CNC(=O)C(NC(=O)c2cccs2)C(C)C)cn1. The molecule has 0 aliphatic heterocycles. The summed E-state index contributed by atoms with van der Waals surface area (Å²) in [5.41, 5.74) is 0.858. The van der Waals surface area contributed by atoms with Crippen molar-refractivity contribution in [3.8, 4) is 5.88 Å². The molecule has 0 aromatic carbocycles. The zero-order valence-electron chi connectivity index (χ0n) is 13.9. The van der Waals surface area contributed by atoms with E-state index in [0.29, 0.717) is 17.3 Å². The van der Waals surface area contributed by atoms with Crippen LogP contribution in [-0.4, -0.2) is 29.9 Å². The molecule has 0 saturated carbocycles. The van der Waals surface area contributed by atoms with Crippen molar-refractivity contribution >= 4 is 23.2 Å². The van der Waals surface area contributed by atoms with Gasteiger partial charge in [-0.2, -0.15) is 0 Å². The van der Waals surface area contributed by atoms with Crippen LogP contribution >= 0.6 is 11.3 Å². The maximum absolute atomic E-state index is 12.4. The van der Waals surface area contributed by atoms with Gasteiger partial charge in [-0.25, -0.2) is 4.98 Å². The molecule has 0 saturated heterocycles. The highest BCUT2D eigenvalue weighted by Gasteiger charge is 2.24. The molecule has 1 atom stereocenters. The number of nitrogens with one attached hydrogen (secondary N) is 2. The number of carbonyl (C=O) groups excluding carboxylic acids is 2. The van der Waals surface area contributed by atoms with E-state index < -0.39 is 6.04 Å². The van der Waals surface area contributed by atoms with Crippen molar-refractivity contribution in [3.63, 3.8) is 0 Å². The standard InChI is InChI=1S/C17H21N3O3S/c1-11(2)15(20-16(21)13-5-4-8-24-13)17(22)19-10-12-6-7-14(23-3)18-9-12/h4-9,11,15H,10H2,1-3H3,(H,19,22)(H,20,21). The van der Waals surface area contributed by atoms with Gasteiger partial charge in [0.1, 0.15) is 6.04 Å². The highest BCUT2D eigenvalue weighted by Crippen LogP contribution is 2.11. The lowest BCUT2D eigenvalue weighted by molar-refractivity contribution is -0.124. The van der Waals surface area contributed by atoms with Gasteiger partial charge in [-0.05, 0) is 22.9 Å². The van der Waals surface area contributed by atoms with Crippen LogP contribution in [-0.2, 0) is 11.3 Å². The average molecular weight is 347 g/mol. The Kier molecular flexibility index (Phi) is 6.31. The lowest BCUT2D eigenvalue weighted by Crippen LogP contribution is -2.49. The van der Waals surface area contributed by atoms with Crippen molar-refractivity contribution in [1.29, 1.82) is 0 Å². The van der Waals surface area contributed by atoms with Crippen molar-refractivity contribution in [2.75, 3.05) is 7.11 Å². The number of carbonyl (C=O) groups is 2. The summed E-state index contributed by atoms with van der Waals surface area (Å²) in [5, 5.41) is 7.46. The van der Waals surface area contributed by atoms with Gasteiger partial charge in [0.05, 0.1) is 12.0 Å². The number of aromatic nitrogens is 1. The van der Waals surface area contributed by atoms with Crippen LogP contribution in [0, 0.1) is 5.92 Å². The van der Waals surface area contributed by atoms with Crippen LogP contribution in [0.15, 0.2) is 35.8 Å². The summed E-state index contributed by atoms with van der Waals surface area (Å²) in [5.74, 6) is 0.0481. The number of nitrogens with zero attached hydrogens (tertiary/aromatic N) is 1. The molecule has 1 unspecified atom stereocenters. The highest BCUT2D eigenvalue weighted by molar-refractivity contribution is 7.12. The lowest BCUT2D eigenvalue weighted by atomic mass is 10.0. The first-order chi connectivity index (χ1) is 11.5. The van der Waals surface area contributed by atoms with Crippen molar-refractivity contribution in [1.82, 2.24) is 15.6 Å². The molecule has 2 aromatic heterocycles. The van der Waals surface area contributed by atoms with E-state index in [1.165, 1.54) is 11.3 Å². The molecule has 2 heterocycles. The molecule has 2 aromatic rings. The molecule has 0 aliphatic carbocycles. The third-order valence-electron chi connectivity index (χ3n) is 3.45. The molecule has 0 fully saturated rings. The summed E-state index contributed by atoms with van der Waals surface area (Å²) < 4.78 is 5.00. The minimum atomic E-state index is -0.592. The molecule has 6 nitrogen and oxygen atoms in total. The fraction of sp³-hybridized carbons (Fsp3) is 0.353. The maximum Gasteiger partial charge on any atom is 0.262 e. The van der Waals surface area contributed by atoms with Gasteiger partial charge in [0.15, 0.2) is 0 Å². The number of ether oxygens (including phenoxy) is 1. The quantitative estimate of drug-likeness (QED) is 0.805. The Balaban J connectivity index is 1.94. The first-order valence-electron chi connectivity index (χ1n) is 7.62. The fourth-order valence-electron chi connectivity index (χ4n) is 2.09. The number of thiophene rings is 1. The van der Waals surface area contributed by atoms with Gasteiger partial charge in [0.25, 0.3) is 5.91 Å². The Morgan fingerprint density at radius 3 is 2.62 bits per heavy atom. The number of hydrogen-bond donors (Lipinski definition) is 2. The van der Waals surface area contributed by atoms with Crippen molar-refractivity contribution in [2.24, 2.45) is 5.92 Å². The van der Waals surface area contributed by atoms with E-state index in [9.17, 15) is 9.59 Å². The van der Waals surface area contributed by atoms with Gasteiger partial charge in [0, 0.05) is 18.8 Å². The molecule has 128 valence electrons. The summed E-state index contributed by atoms with van der Waals surface area (Å²) in [7, 11) is 1.55. The predicted molar refractivity (Wildman–Crippen MR) is 93.0 cm³/mol. The van der Waals surface area contributed by atoms with Crippen molar-refractivity contribution < 1.29 is 14.3 Å². The largest absolute Gasteiger partial charge is 0.481 e. The summed E-state index contributed by atoms with van der Waals surface area (Å²) >= 11 is 1.35. The van der Waals surface area contributed by atoms with Gasteiger partial charge in [0.2, 0.25) is 11.8 Å². The van der Waals surface area contributed by atoms with E-state index in [2.05, 4.69) is 15.6 Å². The Morgan fingerprint density at radius 1 is 1.29 bits per heavy atom. The number of amides is 2. The van der Waals surface area contributed by atoms with Gasteiger partial charge >= 0.3 is 0 Å². The number of hydrogen-bond acceptors (Lipinski definition) is 5. The number of pyridine rings is 1. The normalized spacial score (nSPS) is 11.8. The molecule has 2 amide bonds. The molecule has 2 rings (SSSR count). The third kappa shape index (κ3) is 4.79. The number of rotatable bonds is 7. The molecule has 2 N–H and O–H groups in total. The van der Waals surface area contributed by atoms with Crippen LogP contribution in [0.5, 0.6) is 5.88 Å². The molecule has 0 bridgehead atoms.